The number of rotatable bonds is 8. The molecule has 19 heavy (non-hydrogen) atoms. The van der Waals surface area contributed by atoms with E-state index in [0.717, 1.165) is 9.13 Å². The highest BCUT2D eigenvalue weighted by atomic mass is 127. The molecular formula is C12H18IO4PS. The second kappa shape index (κ2) is 8.52. The Morgan fingerprint density at radius 2 is 1.79 bits per heavy atom. The van der Waals surface area contributed by atoms with E-state index in [1.807, 2.05) is 24.3 Å². The Hall–Kier alpha value is 0.250. The fraction of sp³-hybridized carbons (Fsp3) is 0.500. The minimum Gasteiger partial charge on any atom is -0.308 e. The molecule has 0 aliphatic carbocycles. The van der Waals surface area contributed by atoms with Gasteiger partial charge in [-0.15, -0.1) is 0 Å². The molecule has 0 fully saturated rings. The number of halogens is 1. The van der Waals surface area contributed by atoms with Gasteiger partial charge in [-0.1, -0.05) is 18.2 Å². The van der Waals surface area contributed by atoms with Gasteiger partial charge >= 0.3 is 7.60 Å². The third-order valence-corrected chi connectivity index (χ3v) is 7.63. The maximum Gasteiger partial charge on any atom is 0.343 e. The average Bonchev–Trinajstić information content (AvgIpc) is 2.32. The summed E-state index contributed by atoms with van der Waals surface area (Å²) in [6, 6.07) is 7.71. The van der Waals surface area contributed by atoms with E-state index in [1.54, 1.807) is 13.8 Å². The second-order valence-electron chi connectivity index (χ2n) is 3.75. The molecule has 1 aromatic carbocycles. The van der Waals surface area contributed by atoms with Gasteiger partial charge in [0.15, 0.2) is 0 Å². The van der Waals surface area contributed by atoms with Crippen LogP contribution < -0.4 is 0 Å². The summed E-state index contributed by atoms with van der Waals surface area (Å²) in [5.41, 5.74) is 0.931. The number of hydrogen-bond acceptors (Lipinski definition) is 4. The molecule has 0 aliphatic heterocycles. The summed E-state index contributed by atoms with van der Waals surface area (Å²) in [4.78, 5) is 0. The normalized spacial score (nSPS) is 13.4. The Bertz CT molecular complexity index is 471. The zero-order valence-corrected chi connectivity index (χ0v) is 14.9. The highest BCUT2D eigenvalue weighted by molar-refractivity contribution is 14.1. The first-order chi connectivity index (χ1) is 9.00. The van der Waals surface area contributed by atoms with Crippen LogP contribution in [0.3, 0.4) is 0 Å². The fourth-order valence-corrected chi connectivity index (χ4v) is 6.19. The molecule has 0 heterocycles. The van der Waals surface area contributed by atoms with E-state index in [4.69, 9.17) is 9.05 Å². The lowest BCUT2D eigenvalue weighted by molar-refractivity contribution is 0.224. The second-order valence-corrected chi connectivity index (χ2v) is 8.85. The van der Waals surface area contributed by atoms with Gasteiger partial charge in [0.25, 0.3) is 0 Å². The van der Waals surface area contributed by atoms with Crippen molar-refractivity contribution in [2.45, 2.75) is 19.6 Å². The van der Waals surface area contributed by atoms with Crippen LogP contribution in [0.15, 0.2) is 24.3 Å². The third kappa shape index (κ3) is 6.04. The first-order valence-corrected chi connectivity index (χ1v) is 10.3. The summed E-state index contributed by atoms with van der Waals surface area (Å²) in [5.74, 6) is 0.364. The van der Waals surface area contributed by atoms with E-state index in [-0.39, 0.29) is 18.7 Å². The van der Waals surface area contributed by atoms with Crippen molar-refractivity contribution >= 4 is 41.0 Å². The lowest BCUT2D eigenvalue weighted by Gasteiger charge is -2.16. The Kier molecular flexibility index (Phi) is 7.76. The first-order valence-electron chi connectivity index (χ1n) is 5.97. The van der Waals surface area contributed by atoms with Gasteiger partial charge in [0.2, 0.25) is 0 Å². The fourth-order valence-electron chi connectivity index (χ4n) is 1.52. The smallest absolute Gasteiger partial charge is 0.308 e. The minimum atomic E-state index is -3.23. The lowest BCUT2D eigenvalue weighted by Crippen LogP contribution is -2.07. The molecule has 0 amide bonds. The van der Waals surface area contributed by atoms with Crippen molar-refractivity contribution in [2.24, 2.45) is 0 Å². The summed E-state index contributed by atoms with van der Waals surface area (Å²) in [6.07, 6.45) is 0. The van der Waals surface area contributed by atoms with E-state index < -0.39 is 18.4 Å². The Balaban J connectivity index is 2.68. The average molecular weight is 416 g/mol. The first kappa shape index (κ1) is 17.3. The van der Waals surface area contributed by atoms with Gasteiger partial charge < -0.3 is 9.05 Å². The van der Waals surface area contributed by atoms with Crippen molar-refractivity contribution in [3.8, 4) is 0 Å². The van der Waals surface area contributed by atoms with Gasteiger partial charge in [0.05, 0.1) is 19.0 Å². The lowest BCUT2D eigenvalue weighted by atomic mass is 10.2. The van der Waals surface area contributed by atoms with Crippen LogP contribution in [0.25, 0.3) is 0 Å². The molecule has 1 atom stereocenters. The van der Waals surface area contributed by atoms with Crippen LogP contribution >= 0.6 is 30.2 Å². The van der Waals surface area contributed by atoms with Crippen LogP contribution in [-0.2, 0) is 30.2 Å². The molecule has 0 saturated heterocycles. The molecule has 0 bridgehead atoms. The SMILES string of the molecule is CCOP(=O)(C[S@@](=O)Cc1ccccc1I)OCC. The van der Waals surface area contributed by atoms with E-state index in [9.17, 15) is 8.77 Å². The van der Waals surface area contributed by atoms with E-state index in [1.165, 1.54) is 0 Å². The molecule has 108 valence electrons. The predicted octanol–water partition coefficient (Wildman–Crippen LogP) is 3.76. The Labute approximate surface area is 130 Å². The Morgan fingerprint density at radius 1 is 1.21 bits per heavy atom. The maximum absolute atomic E-state index is 12.3. The van der Waals surface area contributed by atoms with Crippen molar-refractivity contribution in [1.29, 1.82) is 0 Å². The zero-order valence-electron chi connectivity index (χ0n) is 11.0. The molecule has 0 spiro atoms. The van der Waals surface area contributed by atoms with Gasteiger partial charge in [0, 0.05) is 14.4 Å². The summed E-state index contributed by atoms with van der Waals surface area (Å²) < 4.78 is 35.7. The van der Waals surface area contributed by atoms with Crippen molar-refractivity contribution in [3.63, 3.8) is 0 Å². The summed E-state index contributed by atoms with van der Waals surface area (Å²) in [7, 11) is -4.50. The van der Waals surface area contributed by atoms with E-state index in [0.29, 0.717) is 5.75 Å². The summed E-state index contributed by atoms with van der Waals surface area (Å²) >= 11 is 2.20. The molecule has 0 aromatic heterocycles. The minimum absolute atomic E-state index is 0.0559. The van der Waals surface area contributed by atoms with Crippen molar-refractivity contribution in [1.82, 2.24) is 0 Å². The van der Waals surface area contributed by atoms with Crippen LogP contribution in [0.1, 0.15) is 19.4 Å². The molecule has 0 unspecified atom stereocenters. The van der Waals surface area contributed by atoms with Crippen molar-refractivity contribution in [2.75, 3.05) is 18.7 Å². The molecule has 0 saturated carbocycles. The molecule has 1 rings (SSSR count). The van der Waals surface area contributed by atoms with Crippen LogP contribution in [0.4, 0.5) is 0 Å². The predicted molar refractivity (Wildman–Crippen MR) is 86.7 cm³/mol. The summed E-state index contributed by atoms with van der Waals surface area (Å²) in [6.45, 7) is 4.07. The van der Waals surface area contributed by atoms with Gasteiger partial charge in [-0.05, 0) is 48.1 Å². The third-order valence-electron chi connectivity index (χ3n) is 2.23. The monoisotopic (exact) mass is 416 g/mol. The Morgan fingerprint density at radius 3 is 2.32 bits per heavy atom. The highest BCUT2D eigenvalue weighted by Gasteiger charge is 2.26. The van der Waals surface area contributed by atoms with Crippen molar-refractivity contribution in [3.05, 3.63) is 33.4 Å². The van der Waals surface area contributed by atoms with Gasteiger partial charge in [-0.25, -0.2) is 0 Å². The van der Waals surface area contributed by atoms with E-state index >= 15 is 0 Å². The van der Waals surface area contributed by atoms with Crippen LogP contribution in [0, 0.1) is 3.57 Å². The molecule has 0 aliphatic rings. The molecule has 1 aromatic rings. The number of benzene rings is 1. The quantitative estimate of drug-likeness (QED) is 0.479. The van der Waals surface area contributed by atoms with E-state index in [2.05, 4.69) is 22.6 Å². The zero-order chi connectivity index (χ0) is 14.3. The maximum atomic E-state index is 12.3. The number of hydrogen-bond donors (Lipinski definition) is 0. The topological polar surface area (TPSA) is 52.6 Å². The summed E-state index contributed by atoms with van der Waals surface area (Å²) in [5, 5.41) is 0. The van der Waals surface area contributed by atoms with Crippen LogP contribution in [0.2, 0.25) is 0 Å². The highest BCUT2D eigenvalue weighted by Crippen LogP contribution is 2.48. The van der Waals surface area contributed by atoms with Crippen LogP contribution in [-0.4, -0.2) is 22.9 Å². The largest absolute Gasteiger partial charge is 0.343 e. The van der Waals surface area contributed by atoms with Crippen molar-refractivity contribution < 1.29 is 17.8 Å². The molecular weight excluding hydrogens is 398 g/mol. The van der Waals surface area contributed by atoms with Crippen LogP contribution in [0.5, 0.6) is 0 Å². The van der Waals surface area contributed by atoms with Gasteiger partial charge in [0.1, 0.15) is 5.49 Å². The molecule has 0 radical (unpaired) electrons. The molecule has 7 heteroatoms. The molecule has 0 N–H and O–H groups in total. The standard InChI is InChI=1S/C12H18IO4PS/c1-3-16-18(14,17-4-2)10-19(15)9-11-7-5-6-8-12(11)13/h5-8H,3-4,9-10H2,1-2H3/t19-/m0/s1. The van der Waals surface area contributed by atoms with Gasteiger partial charge in [-0.3, -0.25) is 8.77 Å². The molecule has 4 nitrogen and oxygen atoms in total. The van der Waals surface area contributed by atoms with Gasteiger partial charge in [-0.2, -0.15) is 0 Å².